The second kappa shape index (κ2) is 11.2. The molecule has 6 nitrogen and oxygen atoms in total. The Balaban J connectivity index is 1.38. The van der Waals surface area contributed by atoms with E-state index in [4.69, 9.17) is 0 Å². The van der Waals surface area contributed by atoms with E-state index >= 15 is 0 Å². The van der Waals surface area contributed by atoms with Crippen LogP contribution in [0.4, 0.5) is 9.18 Å². The quantitative estimate of drug-likeness (QED) is 0.601. The summed E-state index contributed by atoms with van der Waals surface area (Å²) in [5.74, 6) is 0.715. The van der Waals surface area contributed by atoms with Crippen molar-refractivity contribution in [2.75, 3.05) is 31.6 Å². The zero-order valence-electron chi connectivity index (χ0n) is 19.6. The number of nitrogens with zero attached hydrogens (tertiary/aromatic N) is 2. The zero-order chi connectivity index (χ0) is 24.0. The molecule has 1 atom stereocenters. The molecule has 0 aromatic heterocycles. The van der Waals surface area contributed by atoms with E-state index in [1.807, 2.05) is 34.3 Å². The number of likely N-dealkylation sites (tertiary alicyclic amines) is 1. The van der Waals surface area contributed by atoms with Crippen LogP contribution in [-0.4, -0.2) is 65.1 Å². The smallest absolute Gasteiger partial charge is 0.317 e. The number of urea groups is 1. The number of carbonyl (C=O) groups is 2. The number of hydrogen-bond donors (Lipinski definition) is 2. The minimum Gasteiger partial charge on any atom is -0.338 e. The number of carbonyl (C=O) groups excluding carboxylic acids is 2. The Morgan fingerprint density at radius 2 is 1.82 bits per heavy atom. The first-order valence-electron chi connectivity index (χ1n) is 11.9. The molecule has 2 heterocycles. The largest absolute Gasteiger partial charge is 0.338 e. The third kappa shape index (κ3) is 5.73. The standard InChI is InChI=1S/C26H33FN4O2S/c1-34-18-12-23-24(32)31(19-21-7-9-22(27)10-8-21)26(29-23)13-16-30(17-14-26)25(33)28-15-11-20-5-3-2-4-6-20/h2-10,23,29H,11-19H2,1H3,(H,28,33). The molecule has 182 valence electrons. The summed E-state index contributed by atoms with van der Waals surface area (Å²) in [6.45, 7) is 2.18. The molecule has 2 saturated heterocycles. The van der Waals surface area contributed by atoms with Crippen molar-refractivity contribution >= 4 is 23.7 Å². The molecule has 34 heavy (non-hydrogen) atoms. The highest BCUT2D eigenvalue weighted by Crippen LogP contribution is 2.35. The fourth-order valence-corrected chi connectivity index (χ4v) is 5.33. The van der Waals surface area contributed by atoms with Crippen molar-refractivity contribution in [1.82, 2.24) is 20.4 Å². The molecule has 8 heteroatoms. The van der Waals surface area contributed by atoms with Crippen molar-refractivity contribution in [2.24, 2.45) is 0 Å². The Morgan fingerprint density at radius 3 is 2.50 bits per heavy atom. The van der Waals surface area contributed by atoms with E-state index in [1.165, 1.54) is 17.7 Å². The molecule has 0 bridgehead atoms. The van der Waals surface area contributed by atoms with Crippen LogP contribution in [0.1, 0.15) is 30.4 Å². The maximum atomic E-state index is 13.4. The first-order chi connectivity index (χ1) is 16.5. The van der Waals surface area contributed by atoms with E-state index in [-0.39, 0.29) is 23.8 Å². The predicted octanol–water partition coefficient (Wildman–Crippen LogP) is 3.62. The number of piperidine rings is 1. The lowest BCUT2D eigenvalue weighted by molar-refractivity contribution is -0.134. The number of benzene rings is 2. The minimum atomic E-state index is -0.477. The van der Waals surface area contributed by atoms with Crippen molar-refractivity contribution in [3.8, 4) is 0 Å². The molecule has 2 aliphatic rings. The van der Waals surface area contributed by atoms with E-state index in [9.17, 15) is 14.0 Å². The molecule has 4 rings (SSSR count). The van der Waals surface area contributed by atoms with E-state index in [2.05, 4.69) is 22.8 Å². The van der Waals surface area contributed by atoms with Crippen LogP contribution in [0.15, 0.2) is 54.6 Å². The van der Waals surface area contributed by atoms with Gasteiger partial charge in [0.2, 0.25) is 5.91 Å². The van der Waals surface area contributed by atoms with Gasteiger partial charge in [0, 0.05) is 39.0 Å². The topological polar surface area (TPSA) is 64.7 Å². The second-order valence-electron chi connectivity index (χ2n) is 9.02. The van der Waals surface area contributed by atoms with Crippen molar-refractivity contribution < 1.29 is 14.0 Å². The van der Waals surface area contributed by atoms with Crippen molar-refractivity contribution in [1.29, 1.82) is 0 Å². The summed E-state index contributed by atoms with van der Waals surface area (Å²) in [4.78, 5) is 29.8. The lowest BCUT2D eigenvalue weighted by Gasteiger charge is -2.44. The Morgan fingerprint density at radius 1 is 1.12 bits per heavy atom. The average molecular weight is 485 g/mol. The van der Waals surface area contributed by atoms with Gasteiger partial charge in [-0.2, -0.15) is 11.8 Å². The van der Waals surface area contributed by atoms with Gasteiger partial charge < -0.3 is 15.1 Å². The number of hydrogen-bond acceptors (Lipinski definition) is 4. The summed E-state index contributed by atoms with van der Waals surface area (Å²) in [6.07, 6.45) is 4.94. The van der Waals surface area contributed by atoms with Crippen LogP contribution < -0.4 is 10.6 Å². The van der Waals surface area contributed by atoms with E-state index in [1.54, 1.807) is 23.9 Å². The van der Waals surface area contributed by atoms with Gasteiger partial charge in [0.25, 0.3) is 0 Å². The summed E-state index contributed by atoms with van der Waals surface area (Å²) >= 11 is 1.73. The highest BCUT2D eigenvalue weighted by Gasteiger charge is 2.51. The Kier molecular flexibility index (Phi) is 8.11. The van der Waals surface area contributed by atoms with Gasteiger partial charge in [0.15, 0.2) is 0 Å². The summed E-state index contributed by atoms with van der Waals surface area (Å²) in [5, 5.41) is 6.66. The molecule has 3 amide bonds. The summed E-state index contributed by atoms with van der Waals surface area (Å²) in [7, 11) is 0. The van der Waals surface area contributed by atoms with Gasteiger partial charge in [-0.05, 0) is 48.1 Å². The molecule has 2 N–H and O–H groups in total. The van der Waals surface area contributed by atoms with Crippen LogP contribution in [0.3, 0.4) is 0 Å². The molecular formula is C26H33FN4O2S. The van der Waals surface area contributed by atoms with Crippen molar-refractivity contribution in [3.05, 3.63) is 71.5 Å². The van der Waals surface area contributed by atoms with Crippen LogP contribution >= 0.6 is 11.8 Å². The highest BCUT2D eigenvalue weighted by molar-refractivity contribution is 7.98. The van der Waals surface area contributed by atoms with E-state index < -0.39 is 5.66 Å². The summed E-state index contributed by atoms with van der Waals surface area (Å²) in [5.41, 5.74) is 1.62. The number of amides is 3. The van der Waals surface area contributed by atoms with Crippen LogP contribution in [-0.2, 0) is 17.8 Å². The molecule has 0 radical (unpaired) electrons. The lowest BCUT2D eigenvalue weighted by Crippen LogP contribution is -2.60. The van der Waals surface area contributed by atoms with Crippen molar-refractivity contribution in [2.45, 2.75) is 43.9 Å². The van der Waals surface area contributed by atoms with Gasteiger partial charge in [-0.1, -0.05) is 42.5 Å². The Bertz CT molecular complexity index is 965. The van der Waals surface area contributed by atoms with Crippen molar-refractivity contribution in [3.63, 3.8) is 0 Å². The van der Waals surface area contributed by atoms with Crippen LogP contribution in [0.25, 0.3) is 0 Å². The Hall–Kier alpha value is -2.58. The first kappa shape index (κ1) is 24.5. The molecule has 2 fully saturated rings. The normalized spacial score (nSPS) is 19.6. The maximum absolute atomic E-state index is 13.4. The van der Waals surface area contributed by atoms with Gasteiger partial charge in [0.1, 0.15) is 5.82 Å². The first-order valence-corrected chi connectivity index (χ1v) is 13.3. The number of halogens is 1. The number of thioether (sulfide) groups is 1. The molecule has 2 aliphatic heterocycles. The zero-order valence-corrected chi connectivity index (χ0v) is 20.5. The van der Waals surface area contributed by atoms with E-state index in [0.717, 1.165) is 24.2 Å². The molecule has 2 aromatic rings. The fourth-order valence-electron chi connectivity index (χ4n) is 4.86. The van der Waals surface area contributed by atoms with Gasteiger partial charge in [-0.25, -0.2) is 9.18 Å². The molecule has 2 aromatic carbocycles. The SMILES string of the molecule is CSCCC1NC2(CCN(C(=O)NCCc3ccccc3)CC2)N(Cc2ccc(F)cc2)C1=O. The van der Waals surface area contributed by atoms with Gasteiger partial charge >= 0.3 is 6.03 Å². The van der Waals surface area contributed by atoms with Gasteiger partial charge in [0.05, 0.1) is 11.7 Å². The molecular weight excluding hydrogens is 451 g/mol. The number of rotatable bonds is 8. The Labute approximate surface area is 205 Å². The molecule has 1 spiro atoms. The molecule has 0 aliphatic carbocycles. The summed E-state index contributed by atoms with van der Waals surface area (Å²) < 4.78 is 13.4. The number of nitrogens with one attached hydrogen (secondary N) is 2. The van der Waals surface area contributed by atoms with Gasteiger partial charge in [-0.3, -0.25) is 10.1 Å². The second-order valence-corrected chi connectivity index (χ2v) is 10.0. The monoisotopic (exact) mass is 484 g/mol. The van der Waals surface area contributed by atoms with Crippen LogP contribution in [0.2, 0.25) is 0 Å². The minimum absolute atomic E-state index is 0.0564. The van der Waals surface area contributed by atoms with Crippen LogP contribution in [0, 0.1) is 5.82 Å². The molecule has 0 saturated carbocycles. The van der Waals surface area contributed by atoms with Crippen LogP contribution in [0.5, 0.6) is 0 Å². The highest BCUT2D eigenvalue weighted by atomic mass is 32.2. The maximum Gasteiger partial charge on any atom is 0.317 e. The average Bonchev–Trinajstić information content (AvgIpc) is 3.10. The summed E-state index contributed by atoms with van der Waals surface area (Å²) in [6, 6.07) is 16.2. The third-order valence-corrected chi connectivity index (χ3v) is 7.44. The molecule has 1 unspecified atom stereocenters. The fraction of sp³-hybridized carbons (Fsp3) is 0.462. The van der Waals surface area contributed by atoms with E-state index in [0.29, 0.717) is 39.0 Å². The predicted molar refractivity (Wildman–Crippen MR) is 134 cm³/mol. The third-order valence-electron chi connectivity index (χ3n) is 6.80. The lowest BCUT2D eigenvalue weighted by atomic mass is 9.95. The van der Waals surface area contributed by atoms with Gasteiger partial charge in [-0.15, -0.1) is 0 Å².